The Morgan fingerprint density at radius 1 is 1.77 bits per heavy atom. The molecule has 0 bridgehead atoms. The van der Waals surface area contributed by atoms with Crippen LogP contribution in [0.25, 0.3) is 0 Å². The van der Waals surface area contributed by atoms with Gasteiger partial charge in [-0.15, -0.1) is 0 Å². The highest BCUT2D eigenvalue weighted by Crippen LogP contribution is 2.29. The average molecular weight is 252 g/mol. The lowest BCUT2D eigenvalue weighted by Gasteiger charge is -2.25. The van der Waals surface area contributed by atoms with E-state index in [-0.39, 0.29) is 0 Å². The van der Waals surface area contributed by atoms with Crippen LogP contribution in [0.4, 0.5) is 4.39 Å². The van der Waals surface area contributed by atoms with E-state index in [4.69, 9.17) is 11.5 Å². The lowest BCUT2D eigenvalue weighted by Crippen LogP contribution is -2.61. The Morgan fingerprint density at radius 2 is 2.31 bits per heavy atom. The molecule has 0 aliphatic heterocycles. The van der Waals surface area contributed by atoms with Crippen molar-refractivity contribution in [3.63, 3.8) is 0 Å². The average Bonchev–Trinajstić information content (AvgIpc) is 1.99. The first kappa shape index (κ1) is 10.3. The van der Waals surface area contributed by atoms with Crippen LogP contribution in [0.5, 0.6) is 0 Å². The van der Waals surface area contributed by atoms with Gasteiger partial charge in [-0.2, -0.15) is 0 Å². The fraction of sp³-hybridized carbons (Fsp3) is 0.333. The third kappa shape index (κ3) is 1.50. The molecule has 4 N–H and O–H groups in total. The topological polar surface area (TPSA) is 95.2 Å². The van der Waals surface area contributed by atoms with E-state index in [1.807, 2.05) is 0 Å². The minimum Gasteiger partial charge on any atom is -0.317 e. The highest BCUT2D eigenvalue weighted by atomic mass is 79.9. The second kappa shape index (κ2) is 3.17. The molecular formula is C6H7BrFN3O2. The SMILES string of the molecule is NC1C=C(Br)C=C(F)C1(N)[N+](=O)[O-]. The van der Waals surface area contributed by atoms with E-state index in [9.17, 15) is 14.5 Å². The summed E-state index contributed by atoms with van der Waals surface area (Å²) in [4.78, 5) is 9.55. The first-order valence-corrected chi connectivity index (χ1v) is 4.12. The van der Waals surface area contributed by atoms with Gasteiger partial charge in [0.1, 0.15) is 6.04 Å². The van der Waals surface area contributed by atoms with Crippen LogP contribution < -0.4 is 11.5 Å². The maximum atomic E-state index is 13.1. The molecule has 0 aromatic carbocycles. The minimum atomic E-state index is -2.34. The Labute approximate surface area is 81.5 Å². The molecule has 0 saturated heterocycles. The van der Waals surface area contributed by atoms with Crippen LogP contribution in [0.15, 0.2) is 22.5 Å². The van der Waals surface area contributed by atoms with E-state index in [2.05, 4.69) is 15.9 Å². The molecule has 13 heavy (non-hydrogen) atoms. The number of halogens is 2. The van der Waals surface area contributed by atoms with Gasteiger partial charge < -0.3 is 5.73 Å². The molecule has 5 nitrogen and oxygen atoms in total. The van der Waals surface area contributed by atoms with Crippen LogP contribution >= 0.6 is 15.9 Å². The second-order valence-electron chi connectivity index (χ2n) is 2.65. The smallest absolute Gasteiger partial charge is 0.317 e. The van der Waals surface area contributed by atoms with Gasteiger partial charge >= 0.3 is 5.66 Å². The standard InChI is InChI=1S/C6H7BrFN3O2/c7-3-1-4(8)6(10,11(12)13)5(9)2-3/h1-2,5H,9-10H2. The van der Waals surface area contributed by atoms with Crippen LogP contribution in [0.2, 0.25) is 0 Å². The molecule has 0 aromatic rings. The summed E-state index contributed by atoms with van der Waals surface area (Å²) in [7, 11) is 0. The molecule has 2 unspecified atom stereocenters. The normalized spacial score (nSPS) is 33.7. The summed E-state index contributed by atoms with van der Waals surface area (Å²) in [5, 5.41) is 10.5. The maximum absolute atomic E-state index is 13.1. The maximum Gasteiger partial charge on any atom is 0.342 e. The van der Waals surface area contributed by atoms with Gasteiger partial charge in [0.2, 0.25) is 0 Å². The van der Waals surface area contributed by atoms with Gasteiger partial charge in [-0.3, -0.25) is 15.8 Å². The predicted molar refractivity (Wildman–Crippen MR) is 48.1 cm³/mol. The zero-order chi connectivity index (χ0) is 10.2. The van der Waals surface area contributed by atoms with E-state index < -0.39 is 22.5 Å². The van der Waals surface area contributed by atoms with Gasteiger partial charge in [0, 0.05) is 4.48 Å². The molecule has 0 amide bonds. The fourth-order valence-corrected chi connectivity index (χ4v) is 1.44. The number of allylic oxidation sites excluding steroid dienone is 2. The van der Waals surface area contributed by atoms with Gasteiger partial charge in [-0.1, -0.05) is 15.9 Å². The summed E-state index contributed by atoms with van der Waals surface area (Å²) in [6.45, 7) is 0. The molecule has 0 radical (unpaired) electrons. The highest BCUT2D eigenvalue weighted by Gasteiger charge is 2.50. The number of rotatable bonds is 1. The first-order chi connectivity index (χ1) is 5.89. The van der Waals surface area contributed by atoms with E-state index in [0.29, 0.717) is 4.48 Å². The van der Waals surface area contributed by atoms with Crippen molar-refractivity contribution in [2.75, 3.05) is 0 Å². The van der Waals surface area contributed by atoms with Crippen molar-refractivity contribution in [2.45, 2.75) is 11.7 Å². The molecule has 72 valence electrons. The van der Waals surface area contributed by atoms with Crippen LogP contribution in [0.1, 0.15) is 0 Å². The van der Waals surface area contributed by atoms with Crippen LogP contribution in [0.3, 0.4) is 0 Å². The van der Waals surface area contributed by atoms with Crippen molar-refractivity contribution in [1.82, 2.24) is 0 Å². The van der Waals surface area contributed by atoms with E-state index in [0.717, 1.165) is 6.08 Å². The highest BCUT2D eigenvalue weighted by molar-refractivity contribution is 9.11. The molecule has 0 heterocycles. The van der Waals surface area contributed by atoms with Crippen molar-refractivity contribution in [3.05, 3.63) is 32.6 Å². The van der Waals surface area contributed by atoms with Crippen molar-refractivity contribution in [2.24, 2.45) is 11.5 Å². The van der Waals surface area contributed by atoms with Crippen molar-refractivity contribution in [1.29, 1.82) is 0 Å². The molecule has 1 rings (SSSR count). The zero-order valence-corrected chi connectivity index (χ0v) is 7.99. The summed E-state index contributed by atoms with van der Waals surface area (Å²) in [5.74, 6) is -1.06. The third-order valence-electron chi connectivity index (χ3n) is 1.80. The summed E-state index contributed by atoms with van der Waals surface area (Å²) in [5.41, 5.74) is 8.22. The number of nitrogens with zero attached hydrogens (tertiary/aromatic N) is 1. The summed E-state index contributed by atoms with van der Waals surface area (Å²) in [6, 6.07) is -1.18. The Kier molecular flexibility index (Phi) is 2.51. The number of nitro groups is 1. The molecule has 1 aliphatic carbocycles. The lowest BCUT2D eigenvalue weighted by atomic mass is 9.96. The summed E-state index contributed by atoms with van der Waals surface area (Å²) >= 11 is 2.96. The van der Waals surface area contributed by atoms with Gasteiger partial charge in [-0.25, -0.2) is 4.39 Å². The minimum absolute atomic E-state index is 0.348. The molecule has 0 saturated carbocycles. The molecule has 7 heteroatoms. The molecule has 0 fully saturated rings. The molecule has 1 aliphatic rings. The van der Waals surface area contributed by atoms with Gasteiger partial charge in [-0.05, 0) is 12.2 Å². The fourth-order valence-electron chi connectivity index (χ4n) is 0.952. The monoisotopic (exact) mass is 251 g/mol. The van der Waals surface area contributed by atoms with Gasteiger partial charge in [0.25, 0.3) is 0 Å². The largest absolute Gasteiger partial charge is 0.342 e. The number of hydrogen-bond acceptors (Lipinski definition) is 4. The predicted octanol–water partition coefficient (Wildman–Crippen LogP) is 0.391. The lowest BCUT2D eigenvalue weighted by molar-refractivity contribution is -0.562. The first-order valence-electron chi connectivity index (χ1n) is 3.33. The van der Waals surface area contributed by atoms with E-state index in [1.165, 1.54) is 6.08 Å². The van der Waals surface area contributed by atoms with Crippen molar-refractivity contribution < 1.29 is 9.31 Å². The van der Waals surface area contributed by atoms with Gasteiger partial charge in [0.15, 0.2) is 5.83 Å². The molecular weight excluding hydrogens is 245 g/mol. The number of hydrogen-bond donors (Lipinski definition) is 2. The molecule has 0 aromatic heterocycles. The van der Waals surface area contributed by atoms with E-state index in [1.54, 1.807) is 0 Å². The van der Waals surface area contributed by atoms with Crippen molar-refractivity contribution in [3.8, 4) is 0 Å². The van der Waals surface area contributed by atoms with Crippen molar-refractivity contribution >= 4 is 15.9 Å². The molecule has 0 spiro atoms. The Hall–Kier alpha value is -0.790. The Balaban J connectivity index is 3.16. The van der Waals surface area contributed by atoms with Crippen LogP contribution in [-0.2, 0) is 0 Å². The second-order valence-corrected chi connectivity index (χ2v) is 3.57. The zero-order valence-electron chi connectivity index (χ0n) is 6.41. The number of nitrogens with two attached hydrogens (primary N) is 2. The Morgan fingerprint density at radius 3 is 2.69 bits per heavy atom. The van der Waals surface area contributed by atoms with Crippen LogP contribution in [0, 0.1) is 10.1 Å². The Bertz CT molecular complexity index is 317. The molecule has 2 atom stereocenters. The summed E-state index contributed by atoms with van der Waals surface area (Å²) in [6.07, 6.45) is 2.22. The van der Waals surface area contributed by atoms with Gasteiger partial charge in [0.05, 0.1) is 4.92 Å². The summed E-state index contributed by atoms with van der Waals surface area (Å²) < 4.78 is 13.5. The van der Waals surface area contributed by atoms with E-state index >= 15 is 0 Å². The van der Waals surface area contributed by atoms with Crippen LogP contribution in [-0.4, -0.2) is 16.6 Å². The quantitative estimate of drug-likeness (QED) is 0.401. The third-order valence-corrected chi connectivity index (χ3v) is 2.29.